The number of benzene rings is 1. The number of hydrogen-bond donors (Lipinski definition) is 1. The summed E-state index contributed by atoms with van der Waals surface area (Å²) in [5.74, 6) is 0. The first kappa shape index (κ1) is 14.4. The molecule has 0 amide bonds. The maximum absolute atomic E-state index is 12.6. The Balaban J connectivity index is 2.41. The molecule has 0 radical (unpaired) electrons. The monoisotopic (exact) mass is 298 g/mol. The fourth-order valence-electron chi connectivity index (χ4n) is 2.65. The highest BCUT2D eigenvalue weighted by molar-refractivity contribution is 6.12. The van der Waals surface area contributed by atoms with Crippen molar-refractivity contribution in [3.05, 3.63) is 46.4 Å². The van der Waals surface area contributed by atoms with Gasteiger partial charge in [-0.05, 0) is 45.9 Å². The van der Waals surface area contributed by atoms with Crippen molar-refractivity contribution in [2.45, 2.75) is 33.3 Å². The van der Waals surface area contributed by atoms with Crippen molar-refractivity contribution in [1.82, 2.24) is 9.55 Å². The molecule has 3 rings (SSSR count). The summed E-state index contributed by atoms with van der Waals surface area (Å²) in [5.41, 5.74) is 1.40. The van der Waals surface area contributed by atoms with Crippen molar-refractivity contribution in [2.24, 2.45) is 0 Å². The van der Waals surface area contributed by atoms with Crippen LogP contribution in [0.2, 0.25) is 0 Å². The van der Waals surface area contributed by atoms with Crippen LogP contribution in [0.1, 0.15) is 26.5 Å². The molecule has 5 nitrogen and oxygen atoms in total. The number of H-pyrrole nitrogens is 1. The van der Waals surface area contributed by atoms with Crippen molar-refractivity contribution >= 4 is 27.9 Å². The van der Waals surface area contributed by atoms with Crippen molar-refractivity contribution in [3.8, 4) is 0 Å². The lowest BCUT2D eigenvalue weighted by Crippen LogP contribution is -2.27. The van der Waals surface area contributed by atoms with E-state index in [-0.39, 0.29) is 5.43 Å². The Hall–Kier alpha value is -2.56. The molecule has 5 heteroatoms. The van der Waals surface area contributed by atoms with Crippen LogP contribution in [0, 0.1) is 6.92 Å². The van der Waals surface area contributed by atoms with Crippen molar-refractivity contribution in [1.29, 1.82) is 0 Å². The zero-order valence-electron chi connectivity index (χ0n) is 13.1. The predicted octanol–water partition coefficient (Wildman–Crippen LogP) is 3.57. The summed E-state index contributed by atoms with van der Waals surface area (Å²) in [5, 5.41) is 1.77. The van der Waals surface area contributed by atoms with Crippen LogP contribution in [0.3, 0.4) is 0 Å². The second-order valence-corrected chi connectivity index (χ2v) is 6.36. The smallest absolute Gasteiger partial charge is 0.419 e. The Kier molecular flexibility index (Phi) is 3.09. The number of fused-ring (bicyclic) bond motifs is 3. The Morgan fingerprint density at radius 3 is 2.59 bits per heavy atom. The van der Waals surface area contributed by atoms with Crippen molar-refractivity contribution in [2.75, 3.05) is 0 Å². The van der Waals surface area contributed by atoms with Crippen LogP contribution in [-0.2, 0) is 4.74 Å². The fraction of sp³-hybridized carbons (Fsp3) is 0.294. The van der Waals surface area contributed by atoms with Gasteiger partial charge in [0.2, 0.25) is 0 Å². The van der Waals surface area contributed by atoms with Crippen LogP contribution in [0.15, 0.2) is 35.3 Å². The van der Waals surface area contributed by atoms with E-state index in [1.165, 1.54) is 16.7 Å². The van der Waals surface area contributed by atoms with E-state index >= 15 is 0 Å². The summed E-state index contributed by atoms with van der Waals surface area (Å²) in [7, 11) is 0. The molecule has 22 heavy (non-hydrogen) atoms. The highest BCUT2D eigenvalue weighted by atomic mass is 16.6. The van der Waals surface area contributed by atoms with E-state index in [0.717, 1.165) is 22.0 Å². The quantitative estimate of drug-likeness (QED) is 0.690. The molecule has 0 spiro atoms. The molecule has 0 unspecified atom stereocenters. The minimum absolute atomic E-state index is 0.137. The van der Waals surface area contributed by atoms with Crippen LogP contribution in [-0.4, -0.2) is 21.2 Å². The van der Waals surface area contributed by atoms with E-state index in [1.807, 2.05) is 40.0 Å². The van der Waals surface area contributed by atoms with Gasteiger partial charge in [0.05, 0.1) is 11.0 Å². The maximum atomic E-state index is 12.6. The summed E-state index contributed by atoms with van der Waals surface area (Å²) in [6.07, 6.45) is 1.34. The van der Waals surface area contributed by atoms with E-state index in [4.69, 9.17) is 4.74 Å². The minimum Gasteiger partial charge on any atom is -0.443 e. The third kappa shape index (κ3) is 2.28. The zero-order valence-corrected chi connectivity index (χ0v) is 13.1. The third-order valence-corrected chi connectivity index (χ3v) is 3.46. The fourth-order valence-corrected chi connectivity index (χ4v) is 2.65. The molecule has 0 fully saturated rings. The van der Waals surface area contributed by atoms with Crippen LogP contribution >= 0.6 is 0 Å². The Labute approximate surface area is 127 Å². The number of ether oxygens (including phenoxy) is 1. The maximum Gasteiger partial charge on any atom is 0.419 e. The number of aromatic amines is 1. The van der Waals surface area contributed by atoms with Gasteiger partial charge >= 0.3 is 6.09 Å². The van der Waals surface area contributed by atoms with Gasteiger partial charge in [0, 0.05) is 28.7 Å². The average molecular weight is 298 g/mol. The summed E-state index contributed by atoms with van der Waals surface area (Å²) >= 11 is 0. The van der Waals surface area contributed by atoms with Gasteiger partial charge in [-0.1, -0.05) is 0 Å². The van der Waals surface area contributed by atoms with Gasteiger partial charge in [0.15, 0.2) is 5.43 Å². The molecule has 0 bridgehead atoms. The van der Waals surface area contributed by atoms with Crippen LogP contribution in [0.25, 0.3) is 21.8 Å². The molecule has 2 heterocycles. The zero-order chi connectivity index (χ0) is 16.1. The van der Waals surface area contributed by atoms with E-state index in [1.54, 1.807) is 6.07 Å². The Morgan fingerprint density at radius 1 is 1.18 bits per heavy atom. The number of aryl methyl sites for hydroxylation is 1. The first-order valence-corrected chi connectivity index (χ1v) is 7.14. The molecule has 0 saturated carbocycles. The summed E-state index contributed by atoms with van der Waals surface area (Å²) in [6.45, 7) is 7.34. The molecule has 0 aliphatic rings. The van der Waals surface area contributed by atoms with E-state index in [2.05, 4.69) is 4.98 Å². The second kappa shape index (κ2) is 4.73. The molecule has 0 aliphatic carbocycles. The number of pyridine rings is 1. The molecular formula is C17H18N2O3. The highest BCUT2D eigenvalue weighted by Crippen LogP contribution is 2.30. The lowest BCUT2D eigenvalue weighted by Gasteiger charge is -2.20. The normalized spacial score (nSPS) is 12.0. The van der Waals surface area contributed by atoms with Gasteiger partial charge < -0.3 is 9.72 Å². The number of hydrogen-bond acceptors (Lipinski definition) is 3. The van der Waals surface area contributed by atoms with E-state index in [9.17, 15) is 9.59 Å². The van der Waals surface area contributed by atoms with Gasteiger partial charge in [0.1, 0.15) is 5.60 Å². The average Bonchev–Trinajstić information content (AvgIpc) is 2.71. The third-order valence-electron chi connectivity index (χ3n) is 3.46. The van der Waals surface area contributed by atoms with Crippen LogP contribution in [0.4, 0.5) is 4.79 Å². The molecule has 0 saturated heterocycles. The number of carbonyl (C=O) groups is 1. The molecule has 114 valence electrons. The Bertz CT molecular complexity index is 942. The Morgan fingerprint density at radius 2 is 1.91 bits per heavy atom. The van der Waals surface area contributed by atoms with E-state index < -0.39 is 11.7 Å². The molecule has 1 aromatic carbocycles. The van der Waals surface area contributed by atoms with Crippen molar-refractivity contribution < 1.29 is 9.53 Å². The summed E-state index contributed by atoms with van der Waals surface area (Å²) < 4.78 is 6.98. The molecule has 0 atom stereocenters. The molecule has 1 N–H and O–H groups in total. The standard InChI is InChI=1S/C17H18N2O3/c1-10-15-13(7-8-18-10)12-6-5-11(20)9-14(12)19(15)16(21)22-17(2,3)4/h5-9,18H,1-4H3. The SMILES string of the molecule is Cc1[nH]ccc2c3ccc(=O)cc3n(C(=O)OC(C)(C)C)c12. The summed E-state index contributed by atoms with van der Waals surface area (Å²) in [6, 6.07) is 6.63. The second-order valence-electron chi connectivity index (χ2n) is 6.36. The topological polar surface area (TPSA) is 64.1 Å². The lowest BCUT2D eigenvalue weighted by molar-refractivity contribution is 0.0551. The van der Waals surface area contributed by atoms with Gasteiger partial charge in [0.25, 0.3) is 0 Å². The van der Waals surface area contributed by atoms with Crippen molar-refractivity contribution in [3.63, 3.8) is 0 Å². The molecule has 0 aliphatic heterocycles. The van der Waals surface area contributed by atoms with Gasteiger partial charge in [-0.3, -0.25) is 4.79 Å². The van der Waals surface area contributed by atoms with Crippen LogP contribution < -0.4 is 5.43 Å². The number of nitrogens with one attached hydrogen (secondary N) is 1. The van der Waals surface area contributed by atoms with Crippen LogP contribution in [0.5, 0.6) is 0 Å². The largest absolute Gasteiger partial charge is 0.443 e. The number of nitrogens with zero attached hydrogens (tertiary/aromatic N) is 1. The minimum atomic E-state index is -0.610. The molecule has 3 aromatic rings. The highest BCUT2D eigenvalue weighted by Gasteiger charge is 2.23. The predicted molar refractivity (Wildman–Crippen MR) is 86.4 cm³/mol. The van der Waals surface area contributed by atoms with E-state index in [0.29, 0.717) is 5.52 Å². The first-order chi connectivity index (χ1) is 10.3. The lowest BCUT2D eigenvalue weighted by atomic mass is 10.2. The van der Waals surface area contributed by atoms with Gasteiger partial charge in [-0.25, -0.2) is 9.36 Å². The molecular weight excluding hydrogens is 280 g/mol. The summed E-state index contributed by atoms with van der Waals surface area (Å²) in [4.78, 5) is 27.5. The van der Waals surface area contributed by atoms with Gasteiger partial charge in [-0.15, -0.1) is 0 Å². The van der Waals surface area contributed by atoms with Gasteiger partial charge in [-0.2, -0.15) is 0 Å². The first-order valence-electron chi connectivity index (χ1n) is 7.14. The number of aromatic nitrogens is 2. The number of carbonyl (C=O) groups excluding carboxylic acids is 1. The number of rotatable bonds is 0. The molecule has 2 aromatic heterocycles.